The molecule has 1 fully saturated rings. The second-order valence-corrected chi connectivity index (χ2v) is 4.81. The molecule has 2 amide bonds. The zero-order valence-corrected chi connectivity index (χ0v) is 10.8. The van der Waals surface area contributed by atoms with Crippen LogP contribution >= 0.6 is 0 Å². The summed E-state index contributed by atoms with van der Waals surface area (Å²) in [5.74, 6) is -0.581. The number of carbonyl (C=O) groups is 2. The third-order valence-corrected chi connectivity index (χ3v) is 3.25. The van der Waals surface area contributed by atoms with Crippen molar-refractivity contribution in [3.8, 4) is 0 Å². The Labute approximate surface area is 111 Å². The van der Waals surface area contributed by atoms with Crippen molar-refractivity contribution >= 4 is 12.0 Å². The molecule has 1 aromatic rings. The van der Waals surface area contributed by atoms with Crippen LogP contribution in [0.25, 0.3) is 0 Å². The summed E-state index contributed by atoms with van der Waals surface area (Å²) in [6, 6.07) is 1.21. The fraction of sp³-hybridized carbons (Fsp3) is 0.583. The highest BCUT2D eigenvalue weighted by atomic mass is 16.4. The van der Waals surface area contributed by atoms with E-state index in [0.717, 1.165) is 18.5 Å². The minimum Gasteiger partial charge on any atom is -0.481 e. The molecule has 1 heterocycles. The van der Waals surface area contributed by atoms with Crippen molar-refractivity contribution in [2.75, 3.05) is 0 Å². The first-order valence-electron chi connectivity index (χ1n) is 6.29. The largest absolute Gasteiger partial charge is 0.481 e. The number of carboxylic acid groups (broad SMARTS) is 1. The van der Waals surface area contributed by atoms with E-state index < -0.39 is 5.97 Å². The highest BCUT2D eigenvalue weighted by Crippen LogP contribution is 2.33. The predicted octanol–water partition coefficient (Wildman–Crippen LogP) is 0.473. The molecule has 3 N–H and O–H groups in total. The van der Waals surface area contributed by atoms with Crippen LogP contribution < -0.4 is 10.6 Å². The predicted molar refractivity (Wildman–Crippen MR) is 67.3 cm³/mol. The number of aromatic nitrogens is 2. The molecule has 0 saturated heterocycles. The Hall–Kier alpha value is -2.05. The Morgan fingerprint density at radius 2 is 2.32 bits per heavy atom. The summed E-state index contributed by atoms with van der Waals surface area (Å²) in [6.07, 6.45) is 3.61. The molecule has 1 aliphatic carbocycles. The van der Waals surface area contributed by atoms with Gasteiger partial charge in [0.05, 0.1) is 18.7 Å². The van der Waals surface area contributed by atoms with Crippen molar-refractivity contribution in [3.05, 3.63) is 18.0 Å². The maximum Gasteiger partial charge on any atom is 0.315 e. The topological polar surface area (TPSA) is 96.3 Å². The first-order chi connectivity index (χ1) is 9.06. The zero-order chi connectivity index (χ0) is 13.8. The van der Waals surface area contributed by atoms with Gasteiger partial charge in [0.15, 0.2) is 0 Å². The Bertz CT molecular complexity index is 467. The van der Waals surface area contributed by atoms with E-state index in [0.29, 0.717) is 12.5 Å². The lowest BCUT2D eigenvalue weighted by molar-refractivity contribution is -0.137. The van der Waals surface area contributed by atoms with Gasteiger partial charge in [-0.25, -0.2) is 4.79 Å². The monoisotopic (exact) mass is 266 g/mol. The first-order valence-corrected chi connectivity index (χ1v) is 6.29. The Balaban J connectivity index is 1.79. The summed E-state index contributed by atoms with van der Waals surface area (Å²) < 4.78 is 1.68. The number of nitrogens with zero attached hydrogens (tertiary/aromatic N) is 2. The molecule has 1 aliphatic rings. The highest BCUT2D eigenvalue weighted by Gasteiger charge is 2.33. The molecular weight excluding hydrogens is 248 g/mol. The van der Waals surface area contributed by atoms with Gasteiger partial charge < -0.3 is 15.7 Å². The maximum absolute atomic E-state index is 11.7. The van der Waals surface area contributed by atoms with Crippen LogP contribution in [0.2, 0.25) is 0 Å². The number of urea groups is 1. The number of nitrogens with one attached hydrogen (secondary N) is 2. The first kappa shape index (κ1) is 13.4. The molecule has 1 aromatic heterocycles. The normalized spacial score (nSPS) is 15.8. The summed E-state index contributed by atoms with van der Waals surface area (Å²) in [7, 11) is 1.80. The van der Waals surface area contributed by atoms with Crippen LogP contribution in [0.15, 0.2) is 12.3 Å². The lowest BCUT2D eigenvalue weighted by Gasteiger charge is -2.16. The Morgan fingerprint density at radius 1 is 1.58 bits per heavy atom. The van der Waals surface area contributed by atoms with Crippen LogP contribution in [0.3, 0.4) is 0 Å². The van der Waals surface area contributed by atoms with E-state index in [-0.39, 0.29) is 18.5 Å². The number of rotatable bonds is 6. The van der Waals surface area contributed by atoms with E-state index in [1.807, 2.05) is 6.07 Å². The van der Waals surface area contributed by atoms with Gasteiger partial charge in [-0.05, 0) is 24.8 Å². The van der Waals surface area contributed by atoms with Gasteiger partial charge in [0.25, 0.3) is 0 Å². The van der Waals surface area contributed by atoms with Crippen molar-refractivity contribution < 1.29 is 14.7 Å². The van der Waals surface area contributed by atoms with Crippen LogP contribution in [-0.4, -0.2) is 32.9 Å². The summed E-state index contributed by atoms with van der Waals surface area (Å²) in [5.41, 5.74) is 0.886. The van der Waals surface area contributed by atoms with Crippen LogP contribution in [0.1, 0.15) is 25.0 Å². The van der Waals surface area contributed by atoms with Gasteiger partial charge in [0.2, 0.25) is 0 Å². The molecule has 7 heteroatoms. The summed E-state index contributed by atoms with van der Waals surface area (Å²) >= 11 is 0. The fourth-order valence-corrected chi connectivity index (χ4v) is 1.99. The lowest BCUT2D eigenvalue weighted by Crippen LogP contribution is -2.44. The molecule has 0 radical (unpaired) electrons. The maximum atomic E-state index is 11.7. The van der Waals surface area contributed by atoms with E-state index >= 15 is 0 Å². The number of carbonyl (C=O) groups excluding carboxylic acids is 1. The van der Waals surface area contributed by atoms with Gasteiger partial charge in [-0.15, -0.1) is 0 Å². The van der Waals surface area contributed by atoms with Gasteiger partial charge in [-0.3, -0.25) is 9.48 Å². The molecule has 19 heavy (non-hydrogen) atoms. The van der Waals surface area contributed by atoms with Crippen LogP contribution in [0.4, 0.5) is 4.79 Å². The number of amides is 2. The van der Waals surface area contributed by atoms with Gasteiger partial charge in [0.1, 0.15) is 0 Å². The molecular formula is C12H18N4O3. The molecule has 0 aliphatic heterocycles. The fourth-order valence-electron chi connectivity index (χ4n) is 1.99. The number of aryl methyl sites for hydroxylation is 1. The number of hydrogen-bond donors (Lipinski definition) is 3. The average molecular weight is 266 g/mol. The van der Waals surface area contributed by atoms with Crippen molar-refractivity contribution in [3.63, 3.8) is 0 Å². The zero-order valence-electron chi connectivity index (χ0n) is 10.8. The molecule has 1 atom stereocenters. The second-order valence-electron chi connectivity index (χ2n) is 4.81. The average Bonchev–Trinajstić information content (AvgIpc) is 3.10. The van der Waals surface area contributed by atoms with Crippen molar-refractivity contribution in [1.29, 1.82) is 0 Å². The summed E-state index contributed by atoms with van der Waals surface area (Å²) in [6.45, 7) is 0.368. The molecule has 1 saturated carbocycles. The smallest absolute Gasteiger partial charge is 0.315 e. The molecule has 0 spiro atoms. The van der Waals surface area contributed by atoms with Gasteiger partial charge in [0, 0.05) is 19.3 Å². The summed E-state index contributed by atoms with van der Waals surface area (Å²) in [5, 5.41) is 18.2. The van der Waals surface area contributed by atoms with Crippen molar-refractivity contribution in [2.24, 2.45) is 13.0 Å². The molecule has 0 bridgehead atoms. The number of aliphatic carboxylic acids is 1. The van der Waals surface area contributed by atoms with Crippen molar-refractivity contribution in [1.82, 2.24) is 20.4 Å². The van der Waals surface area contributed by atoms with E-state index in [1.54, 1.807) is 17.9 Å². The van der Waals surface area contributed by atoms with Gasteiger partial charge in [-0.2, -0.15) is 5.10 Å². The van der Waals surface area contributed by atoms with Crippen LogP contribution in [0, 0.1) is 5.92 Å². The van der Waals surface area contributed by atoms with Crippen LogP contribution in [-0.2, 0) is 18.4 Å². The minimum absolute atomic E-state index is 0.0240. The van der Waals surface area contributed by atoms with E-state index in [4.69, 9.17) is 5.11 Å². The number of hydrogen-bond acceptors (Lipinski definition) is 3. The quantitative estimate of drug-likeness (QED) is 0.697. The standard InChI is InChI=1S/C12H18N4O3/c1-16-9(4-5-14-16)7-13-12(19)15-10(6-11(17)18)8-2-3-8/h4-5,8,10H,2-3,6-7H2,1H3,(H,17,18)(H2,13,15,19). The lowest BCUT2D eigenvalue weighted by atomic mass is 10.1. The minimum atomic E-state index is -0.885. The second kappa shape index (κ2) is 5.73. The van der Waals surface area contributed by atoms with Crippen LogP contribution in [0.5, 0.6) is 0 Å². The van der Waals surface area contributed by atoms with Crippen molar-refractivity contribution in [2.45, 2.75) is 31.8 Å². The van der Waals surface area contributed by atoms with E-state index in [1.165, 1.54) is 0 Å². The highest BCUT2D eigenvalue weighted by molar-refractivity contribution is 5.75. The SMILES string of the molecule is Cn1nccc1CNC(=O)NC(CC(=O)O)C1CC1. The Kier molecular flexibility index (Phi) is 4.03. The molecule has 1 unspecified atom stereocenters. The molecule has 0 aromatic carbocycles. The number of carboxylic acids is 1. The Morgan fingerprint density at radius 3 is 2.84 bits per heavy atom. The van der Waals surface area contributed by atoms with E-state index in [9.17, 15) is 9.59 Å². The molecule has 7 nitrogen and oxygen atoms in total. The third kappa shape index (κ3) is 3.97. The molecule has 104 valence electrons. The molecule has 2 rings (SSSR count). The van der Waals surface area contributed by atoms with E-state index in [2.05, 4.69) is 15.7 Å². The third-order valence-electron chi connectivity index (χ3n) is 3.25. The van der Waals surface area contributed by atoms with Gasteiger partial charge >= 0.3 is 12.0 Å². The summed E-state index contributed by atoms with van der Waals surface area (Å²) in [4.78, 5) is 22.5. The van der Waals surface area contributed by atoms with Gasteiger partial charge in [-0.1, -0.05) is 0 Å².